The summed E-state index contributed by atoms with van der Waals surface area (Å²) in [4.78, 5) is 23.3. The van der Waals surface area contributed by atoms with Gasteiger partial charge in [0.15, 0.2) is 0 Å². The van der Waals surface area contributed by atoms with Crippen LogP contribution in [0.15, 0.2) is 6.07 Å². The van der Waals surface area contributed by atoms with Gasteiger partial charge < -0.3 is 20.3 Å². The molecule has 2 saturated heterocycles. The van der Waals surface area contributed by atoms with Crippen LogP contribution in [0.3, 0.4) is 0 Å². The zero-order valence-electron chi connectivity index (χ0n) is 14.4. The number of ether oxygens (including phenoxy) is 1. The van der Waals surface area contributed by atoms with Gasteiger partial charge in [-0.1, -0.05) is 0 Å². The Kier molecular flexibility index (Phi) is 5.85. The van der Waals surface area contributed by atoms with E-state index in [1.165, 1.54) is 19.3 Å². The number of amides is 1. The molecule has 0 aromatic carbocycles. The Labute approximate surface area is 143 Å². The highest BCUT2D eigenvalue weighted by molar-refractivity contribution is 5.79. The van der Waals surface area contributed by atoms with Crippen LogP contribution in [0, 0.1) is 12.8 Å². The number of hydrogen-bond acceptors (Lipinski definition) is 6. The Balaban J connectivity index is 1.47. The summed E-state index contributed by atoms with van der Waals surface area (Å²) in [6, 6.07) is 2.04. The fourth-order valence-electron chi connectivity index (χ4n) is 3.16. The molecule has 24 heavy (non-hydrogen) atoms. The highest BCUT2D eigenvalue weighted by Gasteiger charge is 2.22. The number of carbonyl (C=O) groups excluding carboxylic acids is 1. The van der Waals surface area contributed by atoms with E-state index >= 15 is 0 Å². The minimum atomic E-state index is 0.00549. The molecule has 3 rings (SSSR count). The first-order valence-corrected chi connectivity index (χ1v) is 8.92. The van der Waals surface area contributed by atoms with Gasteiger partial charge in [0.2, 0.25) is 11.9 Å². The van der Waals surface area contributed by atoms with Gasteiger partial charge in [-0.25, -0.2) is 4.98 Å². The van der Waals surface area contributed by atoms with Crippen molar-refractivity contribution in [2.45, 2.75) is 32.6 Å². The van der Waals surface area contributed by atoms with Gasteiger partial charge in [-0.2, -0.15) is 4.98 Å². The summed E-state index contributed by atoms with van der Waals surface area (Å²) in [5, 5.41) is 6.16. The number of anilines is 2. The Hall–Kier alpha value is -1.89. The lowest BCUT2D eigenvalue weighted by molar-refractivity contribution is -0.124. The molecule has 7 nitrogen and oxygen atoms in total. The zero-order chi connectivity index (χ0) is 16.8. The van der Waals surface area contributed by atoms with Crippen molar-refractivity contribution in [2.24, 2.45) is 5.92 Å². The van der Waals surface area contributed by atoms with Crippen molar-refractivity contribution in [3.05, 3.63) is 11.8 Å². The van der Waals surface area contributed by atoms with Crippen molar-refractivity contribution in [3.63, 3.8) is 0 Å². The highest BCUT2D eigenvalue weighted by atomic mass is 16.5. The van der Waals surface area contributed by atoms with E-state index < -0.39 is 0 Å². The Morgan fingerprint density at radius 3 is 2.88 bits per heavy atom. The van der Waals surface area contributed by atoms with Gasteiger partial charge in [-0.3, -0.25) is 4.79 Å². The van der Waals surface area contributed by atoms with E-state index in [1.54, 1.807) is 0 Å². The molecule has 132 valence electrons. The van der Waals surface area contributed by atoms with Crippen LogP contribution < -0.4 is 15.5 Å². The van der Waals surface area contributed by atoms with Crippen molar-refractivity contribution >= 4 is 17.7 Å². The lowest BCUT2D eigenvalue weighted by atomic mass is 10.1. The van der Waals surface area contributed by atoms with E-state index in [0.29, 0.717) is 32.3 Å². The topological polar surface area (TPSA) is 79.4 Å². The number of piperidine rings is 1. The first-order valence-electron chi connectivity index (χ1n) is 8.92. The normalized spacial score (nSPS) is 20.9. The standard InChI is InChI=1S/C17H27N5O2/c1-13-11-15(22-8-3-2-4-9-22)21-17(20-13)19-7-6-18-16(23)14-5-10-24-12-14/h11,14H,2-10,12H2,1H3,(H,18,23)(H,19,20,21). The number of rotatable bonds is 6. The fraction of sp³-hybridized carbons (Fsp3) is 0.706. The minimum Gasteiger partial charge on any atom is -0.381 e. The molecule has 7 heteroatoms. The van der Waals surface area contributed by atoms with Gasteiger partial charge in [-0.15, -0.1) is 0 Å². The molecule has 2 aliphatic heterocycles. The summed E-state index contributed by atoms with van der Waals surface area (Å²) < 4.78 is 5.24. The van der Waals surface area contributed by atoms with Gasteiger partial charge in [-0.05, 0) is 32.6 Å². The number of carbonyl (C=O) groups is 1. The molecule has 1 aromatic rings. The van der Waals surface area contributed by atoms with Crippen LogP contribution in [-0.4, -0.2) is 55.3 Å². The SMILES string of the molecule is Cc1cc(N2CCCCC2)nc(NCCNC(=O)C2CCOC2)n1. The van der Waals surface area contributed by atoms with Crippen LogP contribution >= 0.6 is 0 Å². The van der Waals surface area contributed by atoms with E-state index in [0.717, 1.165) is 31.0 Å². The predicted molar refractivity (Wildman–Crippen MR) is 93.3 cm³/mol. The number of nitrogens with one attached hydrogen (secondary N) is 2. The van der Waals surface area contributed by atoms with E-state index in [4.69, 9.17) is 4.74 Å². The molecule has 1 atom stereocenters. The molecule has 3 heterocycles. The first kappa shape index (κ1) is 17.0. The van der Waals surface area contributed by atoms with Gasteiger partial charge in [0.1, 0.15) is 5.82 Å². The first-order chi connectivity index (χ1) is 11.7. The maximum atomic E-state index is 11.9. The maximum Gasteiger partial charge on any atom is 0.225 e. The van der Waals surface area contributed by atoms with Crippen molar-refractivity contribution in [3.8, 4) is 0 Å². The number of nitrogens with zero attached hydrogens (tertiary/aromatic N) is 3. The lowest BCUT2D eigenvalue weighted by Crippen LogP contribution is -2.34. The second-order valence-corrected chi connectivity index (χ2v) is 6.52. The molecule has 1 amide bonds. The fourth-order valence-corrected chi connectivity index (χ4v) is 3.16. The van der Waals surface area contributed by atoms with Crippen molar-refractivity contribution in [1.82, 2.24) is 15.3 Å². The van der Waals surface area contributed by atoms with Crippen LogP contribution in [0.25, 0.3) is 0 Å². The predicted octanol–water partition coefficient (Wildman–Crippen LogP) is 1.34. The average molecular weight is 333 g/mol. The van der Waals surface area contributed by atoms with Gasteiger partial charge in [0.05, 0.1) is 12.5 Å². The molecule has 1 aromatic heterocycles. The van der Waals surface area contributed by atoms with E-state index in [-0.39, 0.29) is 11.8 Å². The van der Waals surface area contributed by atoms with Crippen LogP contribution in [0.5, 0.6) is 0 Å². The van der Waals surface area contributed by atoms with E-state index in [1.807, 2.05) is 13.0 Å². The summed E-state index contributed by atoms with van der Waals surface area (Å²) in [5.74, 6) is 1.71. The molecule has 2 N–H and O–H groups in total. The van der Waals surface area contributed by atoms with Gasteiger partial charge in [0, 0.05) is 44.5 Å². The lowest BCUT2D eigenvalue weighted by Gasteiger charge is -2.28. The molecule has 2 fully saturated rings. The summed E-state index contributed by atoms with van der Waals surface area (Å²) in [7, 11) is 0. The van der Waals surface area contributed by atoms with Crippen molar-refractivity contribution in [1.29, 1.82) is 0 Å². The Morgan fingerprint density at radius 2 is 2.12 bits per heavy atom. The summed E-state index contributed by atoms with van der Waals surface area (Å²) in [6.45, 7) is 6.52. The third-order valence-corrected chi connectivity index (χ3v) is 4.53. The van der Waals surface area contributed by atoms with Crippen LogP contribution in [0.1, 0.15) is 31.4 Å². The third-order valence-electron chi connectivity index (χ3n) is 4.53. The smallest absolute Gasteiger partial charge is 0.225 e. The summed E-state index contributed by atoms with van der Waals surface area (Å²) >= 11 is 0. The maximum absolute atomic E-state index is 11.9. The van der Waals surface area contributed by atoms with Crippen LogP contribution in [-0.2, 0) is 9.53 Å². The van der Waals surface area contributed by atoms with E-state index in [9.17, 15) is 4.79 Å². The molecule has 0 aliphatic carbocycles. The number of aromatic nitrogens is 2. The van der Waals surface area contributed by atoms with Crippen molar-refractivity contribution < 1.29 is 9.53 Å². The highest BCUT2D eigenvalue weighted by Crippen LogP contribution is 2.19. The monoisotopic (exact) mass is 333 g/mol. The number of aryl methyl sites for hydroxylation is 1. The molecule has 0 radical (unpaired) electrons. The third kappa shape index (κ3) is 4.56. The molecular formula is C17H27N5O2. The average Bonchev–Trinajstić information content (AvgIpc) is 3.14. The molecule has 0 spiro atoms. The Morgan fingerprint density at radius 1 is 1.29 bits per heavy atom. The second-order valence-electron chi connectivity index (χ2n) is 6.52. The zero-order valence-corrected chi connectivity index (χ0v) is 14.4. The van der Waals surface area contributed by atoms with Crippen molar-refractivity contribution in [2.75, 3.05) is 49.6 Å². The quantitative estimate of drug-likeness (QED) is 0.765. The molecular weight excluding hydrogens is 306 g/mol. The second kappa shape index (κ2) is 8.28. The number of hydrogen-bond donors (Lipinski definition) is 2. The molecule has 2 aliphatic rings. The van der Waals surface area contributed by atoms with E-state index in [2.05, 4.69) is 25.5 Å². The Bertz CT molecular complexity index is 554. The van der Waals surface area contributed by atoms with Gasteiger partial charge in [0.25, 0.3) is 0 Å². The summed E-state index contributed by atoms with van der Waals surface area (Å²) in [5.41, 5.74) is 0.959. The molecule has 1 unspecified atom stereocenters. The summed E-state index contributed by atoms with van der Waals surface area (Å²) in [6.07, 6.45) is 4.57. The minimum absolute atomic E-state index is 0.00549. The molecule has 0 bridgehead atoms. The van der Waals surface area contributed by atoms with Gasteiger partial charge >= 0.3 is 0 Å². The molecule has 0 saturated carbocycles. The van der Waals surface area contributed by atoms with Crippen LogP contribution in [0.4, 0.5) is 11.8 Å². The largest absolute Gasteiger partial charge is 0.381 e. The van der Waals surface area contributed by atoms with Crippen LogP contribution in [0.2, 0.25) is 0 Å².